The minimum atomic E-state index is -0.455. The summed E-state index contributed by atoms with van der Waals surface area (Å²) in [5.74, 6) is 0.281. The second kappa shape index (κ2) is 8.13. The van der Waals surface area contributed by atoms with Gasteiger partial charge in [-0.3, -0.25) is 4.79 Å². The fraction of sp³-hybridized carbons (Fsp3) is 0.458. The Labute approximate surface area is 199 Å². The average molecular weight is 485 g/mol. The molecule has 0 radical (unpaired) electrons. The number of amides is 1. The number of anilines is 2. The van der Waals surface area contributed by atoms with Gasteiger partial charge in [-0.05, 0) is 44.6 Å². The SMILES string of the molecule is Cc1nc2sc(C(=O)NC3CCc4nc(N5CCC6CNCC65)cc(F)c4C3)c(N)c2cc1F. The summed E-state index contributed by atoms with van der Waals surface area (Å²) < 4.78 is 29.1. The molecule has 0 spiro atoms. The number of aromatic nitrogens is 2. The second-order valence-electron chi connectivity index (χ2n) is 9.52. The fourth-order valence-corrected chi connectivity index (χ4v) is 6.61. The zero-order chi connectivity index (χ0) is 23.6. The van der Waals surface area contributed by atoms with Crippen molar-refractivity contribution in [1.82, 2.24) is 20.6 Å². The van der Waals surface area contributed by atoms with Crippen molar-refractivity contribution in [3.05, 3.63) is 45.6 Å². The number of rotatable bonds is 3. The minimum Gasteiger partial charge on any atom is -0.397 e. The first-order chi connectivity index (χ1) is 16.4. The number of hydrogen-bond acceptors (Lipinski definition) is 7. The predicted molar refractivity (Wildman–Crippen MR) is 128 cm³/mol. The fourth-order valence-electron chi connectivity index (χ4n) is 5.58. The van der Waals surface area contributed by atoms with Crippen LogP contribution in [0.15, 0.2) is 12.1 Å². The molecule has 3 aromatic rings. The summed E-state index contributed by atoms with van der Waals surface area (Å²) in [7, 11) is 0. The maximum Gasteiger partial charge on any atom is 0.263 e. The van der Waals surface area contributed by atoms with Crippen LogP contribution >= 0.6 is 11.3 Å². The first-order valence-corrected chi connectivity index (χ1v) is 12.5. The van der Waals surface area contributed by atoms with Gasteiger partial charge in [0.15, 0.2) is 0 Å². The van der Waals surface area contributed by atoms with Crippen LogP contribution in [-0.2, 0) is 12.8 Å². The van der Waals surface area contributed by atoms with Crippen molar-refractivity contribution in [2.75, 3.05) is 30.3 Å². The first kappa shape index (κ1) is 21.7. The third-order valence-electron chi connectivity index (χ3n) is 7.45. The van der Waals surface area contributed by atoms with Crippen LogP contribution in [-0.4, -0.2) is 47.6 Å². The lowest BCUT2D eigenvalue weighted by Crippen LogP contribution is -2.40. The Morgan fingerprint density at radius 2 is 2.09 bits per heavy atom. The number of carbonyl (C=O) groups is 1. The summed E-state index contributed by atoms with van der Waals surface area (Å²) in [4.78, 5) is 25.1. The minimum absolute atomic E-state index is 0.225. The lowest BCUT2D eigenvalue weighted by atomic mass is 9.91. The number of nitrogens with one attached hydrogen (secondary N) is 2. The number of fused-ring (bicyclic) bond motifs is 3. The molecule has 1 amide bonds. The van der Waals surface area contributed by atoms with E-state index in [1.54, 1.807) is 13.0 Å². The molecule has 0 saturated carbocycles. The topological polar surface area (TPSA) is 96.2 Å². The summed E-state index contributed by atoms with van der Waals surface area (Å²) in [6.45, 7) is 4.42. The summed E-state index contributed by atoms with van der Waals surface area (Å²) in [6.07, 6.45) is 2.75. The summed E-state index contributed by atoms with van der Waals surface area (Å²) in [6, 6.07) is 3.03. The van der Waals surface area contributed by atoms with Crippen LogP contribution in [0.25, 0.3) is 10.2 Å². The van der Waals surface area contributed by atoms with Crippen LogP contribution in [0.1, 0.15) is 39.5 Å². The van der Waals surface area contributed by atoms with E-state index < -0.39 is 5.82 Å². The summed E-state index contributed by atoms with van der Waals surface area (Å²) in [5, 5.41) is 6.85. The van der Waals surface area contributed by atoms with Crippen LogP contribution in [0, 0.1) is 24.5 Å². The Hall–Kier alpha value is -2.85. The Morgan fingerprint density at radius 1 is 1.24 bits per heavy atom. The zero-order valence-electron chi connectivity index (χ0n) is 18.8. The molecule has 2 fully saturated rings. The molecule has 3 aliphatic rings. The normalized spacial score (nSPS) is 23.9. The van der Waals surface area contributed by atoms with Crippen LogP contribution in [0.3, 0.4) is 0 Å². The number of pyridine rings is 2. The van der Waals surface area contributed by atoms with Gasteiger partial charge < -0.3 is 21.3 Å². The molecule has 34 heavy (non-hydrogen) atoms. The van der Waals surface area contributed by atoms with Gasteiger partial charge in [0.25, 0.3) is 5.91 Å². The molecule has 10 heteroatoms. The first-order valence-electron chi connectivity index (χ1n) is 11.7. The van der Waals surface area contributed by atoms with E-state index in [1.807, 2.05) is 0 Å². The van der Waals surface area contributed by atoms with Crippen LogP contribution in [0.5, 0.6) is 0 Å². The second-order valence-corrected chi connectivity index (χ2v) is 10.5. The molecule has 2 aliphatic heterocycles. The molecule has 4 N–H and O–H groups in total. The molecule has 5 heterocycles. The molecule has 0 aromatic carbocycles. The lowest BCUT2D eigenvalue weighted by Gasteiger charge is -2.29. The number of nitrogens with zero attached hydrogens (tertiary/aromatic N) is 3. The molecule has 0 bridgehead atoms. The maximum atomic E-state index is 15.2. The summed E-state index contributed by atoms with van der Waals surface area (Å²) >= 11 is 1.14. The van der Waals surface area contributed by atoms with E-state index in [2.05, 4.69) is 20.5 Å². The molecule has 178 valence electrons. The highest BCUT2D eigenvalue weighted by Crippen LogP contribution is 2.35. The van der Waals surface area contributed by atoms with Gasteiger partial charge in [-0.25, -0.2) is 18.7 Å². The standard InChI is InChI=1S/C24H26F2N6OS/c1-11-16(25)7-15-21(27)22(34-24(15)29-11)23(33)30-13-2-3-18-14(6-13)17(26)8-20(31-18)32-5-4-12-9-28-10-19(12)32/h7-8,12-13,19,28H,2-6,9-10,27H2,1H3,(H,30,33). The number of nitrogen functional groups attached to an aromatic ring is 1. The molecule has 3 aromatic heterocycles. The smallest absolute Gasteiger partial charge is 0.263 e. The molecular weight excluding hydrogens is 458 g/mol. The van der Waals surface area contributed by atoms with Crippen LogP contribution in [0.2, 0.25) is 0 Å². The number of hydrogen-bond donors (Lipinski definition) is 3. The van der Waals surface area contributed by atoms with Crippen LogP contribution < -0.4 is 21.3 Å². The Balaban J connectivity index is 1.20. The number of nitrogens with two attached hydrogens (primary N) is 1. The van der Waals surface area contributed by atoms with E-state index in [9.17, 15) is 9.18 Å². The Morgan fingerprint density at radius 3 is 2.94 bits per heavy atom. The van der Waals surface area contributed by atoms with E-state index in [1.165, 1.54) is 6.07 Å². The average Bonchev–Trinajstić information content (AvgIpc) is 3.50. The Bertz CT molecular complexity index is 1310. The van der Waals surface area contributed by atoms with E-state index in [4.69, 9.17) is 10.7 Å². The van der Waals surface area contributed by atoms with Crippen molar-refractivity contribution in [2.45, 2.75) is 44.7 Å². The van der Waals surface area contributed by atoms with Gasteiger partial charge >= 0.3 is 0 Å². The molecule has 7 nitrogen and oxygen atoms in total. The maximum absolute atomic E-state index is 15.2. The van der Waals surface area contributed by atoms with Gasteiger partial charge in [-0.2, -0.15) is 0 Å². The lowest BCUT2D eigenvalue weighted by molar-refractivity contribution is 0.0938. The van der Waals surface area contributed by atoms with Crippen LogP contribution in [0.4, 0.5) is 20.3 Å². The molecule has 3 unspecified atom stereocenters. The third-order valence-corrected chi connectivity index (χ3v) is 8.57. The largest absolute Gasteiger partial charge is 0.397 e. The highest BCUT2D eigenvalue weighted by Gasteiger charge is 2.39. The highest BCUT2D eigenvalue weighted by atomic mass is 32.1. The monoisotopic (exact) mass is 484 g/mol. The van der Waals surface area contributed by atoms with Crippen molar-refractivity contribution in [2.24, 2.45) is 5.92 Å². The van der Waals surface area contributed by atoms with Crippen molar-refractivity contribution < 1.29 is 13.6 Å². The van der Waals surface area contributed by atoms with Crippen molar-refractivity contribution >= 4 is 39.0 Å². The zero-order valence-corrected chi connectivity index (χ0v) is 19.6. The van der Waals surface area contributed by atoms with Gasteiger partial charge in [0.1, 0.15) is 27.2 Å². The van der Waals surface area contributed by atoms with E-state index >= 15 is 4.39 Å². The quantitative estimate of drug-likeness (QED) is 0.529. The number of carbonyl (C=O) groups excluding carboxylic acids is 1. The van der Waals surface area contributed by atoms with Gasteiger partial charge in [0.2, 0.25) is 0 Å². The van der Waals surface area contributed by atoms with Crippen molar-refractivity contribution in [3.8, 4) is 0 Å². The molecule has 1 aliphatic carbocycles. The van der Waals surface area contributed by atoms with E-state index in [0.717, 1.165) is 48.9 Å². The molecule has 3 atom stereocenters. The molecular formula is C24H26F2N6OS. The van der Waals surface area contributed by atoms with Gasteiger partial charge in [-0.15, -0.1) is 11.3 Å². The van der Waals surface area contributed by atoms with Gasteiger partial charge in [0.05, 0.1) is 11.4 Å². The van der Waals surface area contributed by atoms with Gasteiger partial charge in [-0.1, -0.05) is 0 Å². The molecule has 2 saturated heterocycles. The van der Waals surface area contributed by atoms with Crippen molar-refractivity contribution in [3.63, 3.8) is 0 Å². The van der Waals surface area contributed by atoms with E-state index in [0.29, 0.717) is 51.9 Å². The number of halogens is 2. The third kappa shape index (κ3) is 3.51. The molecule has 6 rings (SSSR count). The van der Waals surface area contributed by atoms with Crippen molar-refractivity contribution in [1.29, 1.82) is 0 Å². The van der Waals surface area contributed by atoms with E-state index in [-0.39, 0.29) is 29.1 Å². The Kier molecular flexibility index (Phi) is 5.18. The number of thiophene rings is 1. The van der Waals surface area contributed by atoms with Gasteiger partial charge in [0, 0.05) is 54.4 Å². The summed E-state index contributed by atoms with van der Waals surface area (Å²) in [5.41, 5.74) is 7.99. The predicted octanol–water partition coefficient (Wildman–Crippen LogP) is 2.95. The highest BCUT2D eigenvalue weighted by molar-refractivity contribution is 7.21. The number of aryl methyl sites for hydroxylation is 2.